The van der Waals surface area contributed by atoms with Crippen molar-refractivity contribution in [2.24, 2.45) is 0 Å². The fourth-order valence-electron chi connectivity index (χ4n) is 3.84. The van der Waals surface area contributed by atoms with Gasteiger partial charge in [0.25, 0.3) is 11.7 Å². The van der Waals surface area contributed by atoms with Crippen molar-refractivity contribution in [1.29, 1.82) is 0 Å². The van der Waals surface area contributed by atoms with E-state index in [1.807, 2.05) is 45.0 Å². The van der Waals surface area contributed by atoms with Crippen molar-refractivity contribution in [3.05, 3.63) is 47.0 Å². The molecule has 1 atom stereocenters. The fraction of sp³-hybridized carbons (Fsp3) is 0.455. The minimum Gasteiger partial charge on any atom is -0.493 e. The third kappa shape index (κ3) is 4.08. The number of aryl methyl sites for hydroxylation is 2. The van der Waals surface area contributed by atoms with Crippen molar-refractivity contribution < 1.29 is 14.3 Å². The highest BCUT2D eigenvalue weighted by Crippen LogP contribution is 2.33. The number of amides is 1. The van der Waals surface area contributed by atoms with E-state index in [0.717, 1.165) is 35.5 Å². The lowest BCUT2D eigenvalue weighted by Gasteiger charge is -2.19. The minimum atomic E-state index is -0.352. The molecule has 1 fully saturated rings. The van der Waals surface area contributed by atoms with Crippen LogP contribution in [0.25, 0.3) is 5.78 Å². The highest BCUT2D eigenvalue weighted by molar-refractivity contribution is 5.91. The summed E-state index contributed by atoms with van der Waals surface area (Å²) in [7, 11) is 1.63. The summed E-state index contributed by atoms with van der Waals surface area (Å²) in [6.45, 7) is 5.70. The van der Waals surface area contributed by atoms with E-state index in [9.17, 15) is 4.79 Å². The van der Waals surface area contributed by atoms with Gasteiger partial charge in [0.05, 0.1) is 19.3 Å². The number of benzene rings is 1. The molecule has 1 aliphatic carbocycles. The second kappa shape index (κ2) is 8.30. The first-order chi connectivity index (χ1) is 14.4. The third-order valence-corrected chi connectivity index (χ3v) is 5.45. The normalized spacial score (nSPS) is 15.3. The Hall–Kier alpha value is -3.16. The molecule has 0 saturated heterocycles. The maximum atomic E-state index is 12.7. The second-order valence-electron chi connectivity index (χ2n) is 7.82. The maximum Gasteiger partial charge on any atom is 0.291 e. The first-order valence-corrected chi connectivity index (χ1v) is 10.3. The van der Waals surface area contributed by atoms with Crippen molar-refractivity contribution in [3.63, 3.8) is 0 Å². The van der Waals surface area contributed by atoms with Crippen molar-refractivity contribution in [1.82, 2.24) is 24.9 Å². The number of carbonyl (C=O) groups is 1. The van der Waals surface area contributed by atoms with Gasteiger partial charge in [0.2, 0.25) is 5.82 Å². The Morgan fingerprint density at radius 3 is 2.67 bits per heavy atom. The van der Waals surface area contributed by atoms with Crippen LogP contribution in [0.1, 0.15) is 66.2 Å². The van der Waals surface area contributed by atoms with Crippen LogP contribution in [-0.4, -0.2) is 38.7 Å². The smallest absolute Gasteiger partial charge is 0.291 e. The monoisotopic (exact) mass is 409 g/mol. The number of carbonyl (C=O) groups excluding carboxylic acids is 1. The lowest BCUT2D eigenvalue weighted by atomic mass is 10.1. The average Bonchev–Trinajstić information content (AvgIpc) is 3.38. The predicted octanol–water partition coefficient (Wildman–Crippen LogP) is 3.56. The van der Waals surface area contributed by atoms with E-state index < -0.39 is 0 Å². The van der Waals surface area contributed by atoms with Crippen LogP contribution < -0.4 is 14.8 Å². The number of hydrogen-bond donors (Lipinski definition) is 1. The average molecular weight is 409 g/mol. The van der Waals surface area contributed by atoms with Gasteiger partial charge >= 0.3 is 0 Å². The summed E-state index contributed by atoms with van der Waals surface area (Å²) in [4.78, 5) is 21.3. The summed E-state index contributed by atoms with van der Waals surface area (Å²) < 4.78 is 13.2. The third-order valence-electron chi connectivity index (χ3n) is 5.45. The van der Waals surface area contributed by atoms with Crippen molar-refractivity contribution in [3.8, 4) is 11.5 Å². The molecule has 0 unspecified atom stereocenters. The lowest BCUT2D eigenvalue weighted by Crippen LogP contribution is -2.27. The quantitative estimate of drug-likeness (QED) is 0.669. The molecule has 8 heteroatoms. The standard InChI is InChI=1S/C22H27N5O3/c1-13-11-14(2)27-22(23-13)25-20(26-27)21(28)24-15(3)16-9-10-18(19(12-16)29-4)30-17-7-5-6-8-17/h9-12,15,17H,5-8H2,1-4H3,(H,24,28)/t15-/m0/s1. The molecular weight excluding hydrogens is 382 g/mol. The molecule has 1 aliphatic rings. The molecule has 4 rings (SSSR count). The Kier molecular flexibility index (Phi) is 5.57. The van der Waals surface area contributed by atoms with Gasteiger partial charge in [-0.05, 0) is 70.2 Å². The van der Waals surface area contributed by atoms with Gasteiger partial charge in [-0.25, -0.2) is 9.50 Å². The first-order valence-electron chi connectivity index (χ1n) is 10.3. The molecule has 1 N–H and O–H groups in total. The van der Waals surface area contributed by atoms with Crippen LogP contribution in [0.2, 0.25) is 0 Å². The minimum absolute atomic E-state index is 0.0937. The Bertz CT molecular complexity index is 1070. The molecule has 0 bridgehead atoms. The fourth-order valence-corrected chi connectivity index (χ4v) is 3.84. The zero-order valence-corrected chi connectivity index (χ0v) is 17.8. The summed E-state index contributed by atoms with van der Waals surface area (Å²) in [5.41, 5.74) is 2.62. The summed E-state index contributed by atoms with van der Waals surface area (Å²) in [6, 6.07) is 7.40. The highest BCUT2D eigenvalue weighted by atomic mass is 16.5. The number of fused-ring (bicyclic) bond motifs is 1. The van der Waals surface area contributed by atoms with E-state index in [4.69, 9.17) is 9.47 Å². The molecule has 1 amide bonds. The summed E-state index contributed by atoms with van der Waals surface area (Å²) in [6.07, 6.45) is 4.83. The number of methoxy groups -OCH3 is 1. The first kappa shape index (κ1) is 20.1. The van der Waals surface area contributed by atoms with Crippen LogP contribution in [0.15, 0.2) is 24.3 Å². The molecule has 0 aliphatic heterocycles. The van der Waals surface area contributed by atoms with E-state index in [-0.39, 0.29) is 23.9 Å². The highest BCUT2D eigenvalue weighted by Gasteiger charge is 2.21. The van der Waals surface area contributed by atoms with Crippen LogP contribution in [0.3, 0.4) is 0 Å². The van der Waals surface area contributed by atoms with E-state index >= 15 is 0 Å². The zero-order chi connectivity index (χ0) is 21.3. The summed E-state index contributed by atoms with van der Waals surface area (Å²) >= 11 is 0. The van der Waals surface area contributed by atoms with Crippen LogP contribution in [0.5, 0.6) is 11.5 Å². The molecule has 3 aromatic rings. The lowest BCUT2D eigenvalue weighted by molar-refractivity contribution is 0.0929. The second-order valence-corrected chi connectivity index (χ2v) is 7.82. The van der Waals surface area contributed by atoms with Crippen molar-refractivity contribution in [2.75, 3.05) is 7.11 Å². The molecule has 2 heterocycles. The molecule has 1 aromatic carbocycles. The SMILES string of the molecule is COc1cc([C@H](C)NC(=O)c2nc3nc(C)cc(C)n3n2)ccc1OC1CCCC1. The predicted molar refractivity (Wildman–Crippen MR) is 112 cm³/mol. The van der Waals surface area contributed by atoms with Gasteiger partial charge in [-0.1, -0.05) is 6.07 Å². The van der Waals surface area contributed by atoms with Gasteiger partial charge in [0, 0.05) is 11.4 Å². The Morgan fingerprint density at radius 1 is 1.17 bits per heavy atom. The van der Waals surface area contributed by atoms with E-state index in [1.54, 1.807) is 11.6 Å². The van der Waals surface area contributed by atoms with Crippen LogP contribution >= 0.6 is 0 Å². The molecule has 158 valence electrons. The summed E-state index contributed by atoms with van der Waals surface area (Å²) in [5.74, 6) is 1.57. The molecule has 8 nitrogen and oxygen atoms in total. The van der Waals surface area contributed by atoms with E-state index in [0.29, 0.717) is 11.5 Å². The molecule has 30 heavy (non-hydrogen) atoms. The Balaban J connectivity index is 1.49. The Morgan fingerprint density at radius 2 is 1.93 bits per heavy atom. The molecular formula is C22H27N5O3. The van der Waals surface area contributed by atoms with Gasteiger partial charge in [0.1, 0.15) is 0 Å². The van der Waals surface area contributed by atoms with Gasteiger partial charge in [-0.15, -0.1) is 5.10 Å². The molecule has 1 saturated carbocycles. The molecule has 0 radical (unpaired) electrons. The topological polar surface area (TPSA) is 90.6 Å². The number of rotatable bonds is 6. The van der Waals surface area contributed by atoms with E-state index in [1.165, 1.54) is 12.8 Å². The van der Waals surface area contributed by atoms with Crippen molar-refractivity contribution >= 4 is 11.7 Å². The van der Waals surface area contributed by atoms with E-state index in [2.05, 4.69) is 20.4 Å². The number of nitrogens with zero attached hydrogens (tertiary/aromatic N) is 4. The number of aromatic nitrogens is 4. The van der Waals surface area contributed by atoms with Crippen LogP contribution in [-0.2, 0) is 0 Å². The van der Waals surface area contributed by atoms with Crippen LogP contribution in [0, 0.1) is 13.8 Å². The zero-order valence-electron chi connectivity index (χ0n) is 17.8. The van der Waals surface area contributed by atoms with Crippen molar-refractivity contribution in [2.45, 2.75) is 58.6 Å². The Labute approximate surface area is 175 Å². The summed E-state index contributed by atoms with van der Waals surface area (Å²) in [5, 5.41) is 7.24. The number of hydrogen-bond acceptors (Lipinski definition) is 6. The molecule has 2 aromatic heterocycles. The number of nitrogens with one attached hydrogen (secondary N) is 1. The number of ether oxygens (including phenoxy) is 2. The largest absolute Gasteiger partial charge is 0.493 e. The molecule has 0 spiro atoms. The van der Waals surface area contributed by atoms with Crippen LogP contribution in [0.4, 0.5) is 0 Å². The van der Waals surface area contributed by atoms with Gasteiger partial charge < -0.3 is 14.8 Å². The van der Waals surface area contributed by atoms with Gasteiger partial charge in [0.15, 0.2) is 11.5 Å². The van der Waals surface area contributed by atoms with Gasteiger partial charge in [-0.2, -0.15) is 4.98 Å². The maximum absolute atomic E-state index is 12.7. The van der Waals surface area contributed by atoms with Gasteiger partial charge in [-0.3, -0.25) is 4.79 Å².